The molecule has 1 amide bonds. The van der Waals surface area contributed by atoms with Crippen LogP contribution in [0.25, 0.3) is 0 Å². The standard InChI is InChI=1S/C14H18ClNO4S/c1-2-6-20-12-4-3-10(15)8-11(12)14(19)16-5-7-21-9-13(17)18/h3-4,8H,2,5-7,9H2,1H3,(H,16,19)(H,17,18). The van der Waals surface area contributed by atoms with E-state index in [0.29, 0.717) is 35.2 Å². The summed E-state index contributed by atoms with van der Waals surface area (Å²) < 4.78 is 5.52. The molecule has 1 rings (SSSR count). The van der Waals surface area contributed by atoms with Gasteiger partial charge in [0.2, 0.25) is 0 Å². The number of carbonyl (C=O) groups excluding carboxylic acids is 1. The van der Waals surface area contributed by atoms with Gasteiger partial charge in [0.15, 0.2) is 0 Å². The quantitative estimate of drug-likeness (QED) is 0.680. The molecule has 2 N–H and O–H groups in total. The Morgan fingerprint density at radius 2 is 2.19 bits per heavy atom. The fraction of sp³-hybridized carbons (Fsp3) is 0.429. The van der Waals surface area contributed by atoms with Crippen molar-refractivity contribution in [3.05, 3.63) is 28.8 Å². The van der Waals surface area contributed by atoms with Crippen LogP contribution in [-0.4, -0.2) is 41.6 Å². The Morgan fingerprint density at radius 3 is 2.86 bits per heavy atom. The molecular formula is C14H18ClNO4S. The molecule has 0 aliphatic carbocycles. The highest BCUT2D eigenvalue weighted by atomic mass is 35.5. The maximum atomic E-state index is 12.1. The maximum Gasteiger partial charge on any atom is 0.313 e. The number of halogens is 1. The molecule has 0 unspecified atom stereocenters. The van der Waals surface area contributed by atoms with Crippen LogP contribution >= 0.6 is 23.4 Å². The largest absolute Gasteiger partial charge is 0.493 e. The van der Waals surface area contributed by atoms with Gasteiger partial charge in [-0.2, -0.15) is 0 Å². The van der Waals surface area contributed by atoms with Crippen molar-refractivity contribution in [3.8, 4) is 5.75 Å². The number of ether oxygens (including phenoxy) is 1. The summed E-state index contributed by atoms with van der Waals surface area (Å²) >= 11 is 7.16. The van der Waals surface area contributed by atoms with Gasteiger partial charge in [-0.25, -0.2) is 0 Å². The molecule has 0 aromatic heterocycles. The monoisotopic (exact) mass is 331 g/mol. The lowest BCUT2D eigenvalue weighted by molar-refractivity contribution is -0.133. The summed E-state index contributed by atoms with van der Waals surface area (Å²) in [5.74, 6) is -0.0883. The molecule has 0 fully saturated rings. The van der Waals surface area contributed by atoms with Crippen molar-refractivity contribution in [2.45, 2.75) is 13.3 Å². The van der Waals surface area contributed by atoms with Crippen LogP contribution in [0.2, 0.25) is 5.02 Å². The predicted octanol–water partition coefficient (Wildman–Crippen LogP) is 2.68. The molecule has 0 bridgehead atoms. The fourth-order valence-electron chi connectivity index (χ4n) is 1.51. The van der Waals surface area contributed by atoms with E-state index in [2.05, 4.69) is 5.32 Å². The lowest BCUT2D eigenvalue weighted by atomic mass is 10.2. The summed E-state index contributed by atoms with van der Waals surface area (Å²) in [5.41, 5.74) is 0.388. The van der Waals surface area contributed by atoms with Crippen LogP contribution in [-0.2, 0) is 4.79 Å². The molecule has 1 aromatic carbocycles. The zero-order valence-corrected chi connectivity index (χ0v) is 13.3. The first kappa shape index (κ1) is 17.7. The van der Waals surface area contributed by atoms with Crippen molar-refractivity contribution < 1.29 is 19.4 Å². The smallest absolute Gasteiger partial charge is 0.313 e. The molecule has 0 spiro atoms. The second-order valence-electron chi connectivity index (χ2n) is 4.19. The van der Waals surface area contributed by atoms with E-state index < -0.39 is 5.97 Å². The molecule has 116 valence electrons. The zero-order chi connectivity index (χ0) is 15.7. The van der Waals surface area contributed by atoms with Crippen LogP contribution in [0, 0.1) is 0 Å². The third-order valence-electron chi connectivity index (χ3n) is 2.41. The van der Waals surface area contributed by atoms with Crippen molar-refractivity contribution in [1.29, 1.82) is 0 Å². The second kappa shape index (κ2) is 9.52. The van der Waals surface area contributed by atoms with Gasteiger partial charge in [-0.1, -0.05) is 18.5 Å². The van der Waals surface area contributed by atoms with Crippen LogP contribution in [0.5, 0.6) is 5.75 Å². The number of thioether (sulfide) groups is 1. The molecule has 0 aliphatic rings. The Hall–Kier alpha value is -1.40. The Kier molecular flexibility index (Phi) is 8.00. The van der Waals surface area contributed by atoms with Crippen molar-refractivity contribution in [2.24, 2.45) is 0 Å². The molecule has 0 saturated heterocycles. The van der Waals surface area contributed by atoms with Crippen LogP contribution in [0.15, 0.2) is 18.2 Å². The van der Waals surface area contributed by atoms with Gasteiger partial charge in [0.25, 0.3) is 5.91 Å². The van der Waals surface area contributed by atoms with E-state index in [1.165, 1.54) is 11.8 Å². The number of carbonyl (C=O) groups is 2. The third kappa shape index (κ3) is 6.73. The van der Waals surface area contributed by atoms with E-state index >= 15 is 0 Å². The number of hydrogen-bond acceptors (Lipinski definition) is 4. The third-order valence-corrected chi connectivity index (χ3v) is 3.58. The Balaban J connectivity index is 2.55. The molecule has 0 radical (unpaired) electrons. The number of aliphatic carboxylic acids is 1. The SMILES string of the molecule is CCCOc1ccc(Cl)cc1C(=O)NCCSCC(=O)O. The van der Waals surface area contributed by atoms with Gasteiger partial charge < -0.3 is 15.2 Å². The molecule has 1 aromatic rings. The van der Waals surface area contributed by atoms with Gasteiger partial charge in [0.05, 0.1) is 17.9 Å². The van der Waals surface area contributed by atoms with E-state index in [1.54, 1.807) is 18.2 Å². The maximum absolute atomic E-state index is 12.1. The summed E-state index contributed by atoms with van der Waals surface area (Å²) in [7, 11) is 0. The minimum atomic E-state index is -0.864. The molecule has 7 heteroatoms. The number of benzene rings is 1. The molecule has 0 saturated carbocycles. The highest BCUT2D eigenvalue weighted by molar-refractivity contribution is 7.99. The lowest BCUT2D eigenvalue weighted by Crippen LogP contribution is -2.26. The molecule has 21 heavy (non-hydrogen) atoms. The zero-order valence-electron chi connectivity index (χ0n) is 11.7. The fourth-order valence-corrected chi connectivity index (χ4v) is 2.25. The van der Waals surface area contributed by atoms with Gasteiger partial charge in [0, 0.05) is 17.3 Å². The topological polar surface area (TPSA) is 75.6 Å². The Labute approximate surface area is 133 Å². The normalized spacial score (nSPS) is 10.2. The number of carboxylic acids is 1. The number of rotatable bonds is 9. The molecule has 0 heterocycles. The van der Waals surface area contributed by atoms with Crippen LogP contribution in [0.3, 0.4) is 0 Å². The van der Waals surface area contributed by atoms with Crippen molar-refractivity contribution in [3.63, 3.8) is 0 Å². The van der Waals surface area contributed by atoms with Gasteiger partial charge in [-0.05, 0) is 24.6 Å². The molecule has 0 aliphatic heterocycles. The van der Waals surface area contributed by atoms with Gasteiger partial charge in [0.1, 0.15) is 5.75 Å². The minimum Gasteiger partial charge on any atom is -0.493 e. The van der Waals surface area contributed by atoms with E-state index in [-0.39, 0.29) is 11.7 Å². The van der Waals surface area contributed by atoms with Gasteiger partial charge >= 0.3 is 5.97 Å². The van der Waals surface area contributed by atoms with E-state index in [0.717, 1.165) is 6.42 Å². The van der Waals surface area contributed by atoms with Gasteiger partial charge in [-0.15, -0.1) is 11.8 Å². The summed E-state index contributed by atoms with van der Waals surface area (Å²) in [5, 5.41) is 11.7. The average molecular weight is 332 g/mol. The predicted molar refractivity (Wildman–Crippen MR) is 84.5 cm³/mol. The highest BCUT2D eigenvalue weighted by Gasteiger charge is 2.13. The summed E-state index contributed by atoms with van der Waals surface area (Å²) in [6, 6.07) is 4.91. The van der Waals surface area contributed by atoms with Crippen LogP contribution in [0.1, 0.15) is 23.7 Å². The lowest BCUT2D eigenvalue weighted by Gasteiger charge is -2.11. The number of nitrogens with one attached hydrogen (secondary N) is 1. The first-order valence-corrected chi connectivity index (χ1v) is 8.08. The first-order valence-electron chi connectivity index (χ1n) is 6.54. The Morgan fingerprint density at radius 1 is 1.43 bits per heavy atom. The summed E-state index contributed by atoms with van der Waals surface area (Å²) in [4.78, 5) is 22.5. The number of carboxylic acid groups (broad SMARTS) is 1. The van der Waals surface area contributed by atoms with E-state index in [4.69, 9.17) is 21.4 Å². The van der Waals surface area contributed by atoms with E-state index in [1.807, 2.05) is 6.92 Å². The van der Waals surface area contributed by atoms with Crippen LogP contribution < -0.4 is 10.1 Å². The number of amides is 1. The van der Waals surface area contributed by atoms with Crippen molar-refractivity contribution in [2.75, 3.05) is 24.7 Å². The summed E-state index contributed by atoms with van der Waals surface area (Å²) in [6.45, 7) is 2.89. The molecule has 0 atom stereocenters. The van der Waals surface area contributed by atoms with Gasteiger partial charge in [-0.3, -0.25) is 9.59 Å². The van der Waals surface area contributed by atoms with Crippen molar-refractivity contribution in [1.82, 2.24) is 5.32 Å². The van der Waals surface area contributed by atoms with Crippen LogP contribution in [0.4, 0.5) is 0 Å². The Bertz CT molecular complexity index is 496. The number of hydrogen-bond donors (Lipinski definition) is 2. The average Bonchev–Trinajstić information content (AvgIpc) is 2.45. The second-order valence-corrected chi connectivity index (χ2v) is 5.73. The molecular weight excluding hydrogens is 314 g/mol. The minimum absolute atomic E-state index is 0.0257. The highest BCUT2D eigenvalue weighted by Crippen LogP contribution is 2.23. The molecule has 5 nitrogen and oxygen atoms in total. The summed E-state index contributed by atoms with van der Waals surface area (Å²) in [6.07, 6.45) is 0.843. The van der Waals surface area contributed by atoms with E-state index in [9.17, 15) is 9.59 Å². The first-order chi connectivity index (χ1) is 10.0. The van der Waals surface area contributed by atoms with Crippen molar-refractivity contribution >= 4 is 35.2 Å².